The Bertz CT molecular complexity index is 557. The summed E-state index contributed by atoms with van der Waals surface area (Å²) in [5.74, 6) is 0.995. The molecule has 0 saturated carbocycles. The van der Waals surface area contributed by atoms with Crippen molar-refractivity contribution in [3.8, 4) is 17.2 Å². The number of aliphatic hydroxyl groups excluding tert-OH is 1. The topological polar surface area (TPSA) is 72.6 Å². The van der Waals surface area contributed by atoms with Gasteiger partial charge in [0.2, 0.25) is 5.89 Å². The Labute approximate surface area is 104 Å². The Morgan fingerprint density at radius 1 is 1.39 bits per heavy atom. The van der Waals surface area contributed by atoms with Crippen molar-refractivity contribution in [2.75, 3.05) is 0 Å². The number of carbonyl (C=O) groups is 1. The van der Waals surface area contributed by atoms with Crippen LogP contribution in [0.15, 0.2) is 28.7 Å². The Morgan fingerprint density at radius 2 is 2.06 bits per heavy atom. The van der Waals surface area contributed by atoms with Crippen molar-refractivity contribution in [1.82, 2.24) is 4.98 Å². The standard InChI is InChI=1S/C13H13NO4/c1-8-12(7-15)18-13(14-8)10-3-5-11(6-4-10)17-9(2)16/h3-6,15H,7H2,1-2H3. The molecule has 5 heteroatoms. The van der Waals surface area contributed by atoms with E-state index in [1.165, 1.54) is 6.92 Å². The average molecular weight is 247 g/mol. The third kappa shape index (κ3) is 2.57. The highest BCUT2D eigenvalue weighted by molar-refractivity contribution is 5.69. The lowest BCUT2D eigenvalue weighted by molar-refractivity contribution is -0.131. The zero-order valence-corrected chi connectivity index (χ0v) is 10.1. The number of hydrogen-bond acceptors (Lipinski definition) is 5. The van der Waals surface area contributed by atoms with Crippen LogP contribution < -0.4 is 4.74 Å². The highest BCUT2D eigenvalue weighted by Gasteiger charge is 2.10. The molecule has 0 fully saturated rings. The second kappa shape index (κ2) is 5.01. The number of aryl methyl sites for hydroxylation is 1. The molecule has 0 atom stereocenters. The van der Waals surface area contributed by atoms with Crippen molar-refractivity contribution in [2.24, 2.45) is 0 Å². The maximum Gasteiger partial charge on any atom is 0.308 e. The Hall–Kier alpha value is -2.14. The van der Waals surface area contributed by atoms with E-state index >= 15 is 0 Å². The van der Waals surface area contributed by atoms with E-state index in [1.54, 1.807) is 31.2 Å². The molecule has 18 heavy (non-hydrogen) atoms. The Kier molecular flexibility index (Phi) is 3.43. The van der Waals surface area contributed by atoms with Crippen LogP contribution in [0.2, 0.25) is 0 Å². The second-order valence-electron chi connectivity index (χ2n) is 3.80. The molecule has 0 saturated heterocycles. The molecule has 1 aromatic heterocycles. The van der Waals surface area contributed by atoms with E-state index in [4.69, 9.17) is 14.3 Å². The molecule has 2 aromatic rings. The first-order chi connectivity index (χ1) is 8.60. The number of nitrogens with zero attached hydrogens (tertiary/aromatic N) is 1. The molecule has 2 rings (SSSR count). The number of aromatic nitrogens is 1. The summed E-state index contributed by atoms with van der Waals surface area (Å²) in [6.45, 7) is 2.94. The first-order valence-corrected chi connectivity index (χ1v) is 5.46. The predicted molar refractivity (Wildman–Crippen MR) is 63.9 cm³/mol. The van der Waals surface area contributed by atoms with Gasteiger partial charge in [-0.15, -0.1) is 0 Å². The van der Waals surface area contributed by atoms with Crippen molar-refractivity contribution in [3.05, 3.63) is 35.7 Å². The number of carbonyl (C=O) groups excluding carboxylic acids is 1. The van der Waals surface area contributed by atoms with Gasteiger partial charge in [0.25, 0.3) is 0 Å². The van der Waals surface area contributed by atoms with Crippen LogP contribution in [-0.2, 0) is 11.4 Å². The van der Waals surface area contributed by atoms with Gasteiger partial charge in [-0.05, 0) is 31.2 Å². The molecule has 0 radical (unpaired) electrons. The molecule has 0 aliphatic heterocycles. The van der Waals surface area contributed by atoms with E-state index in [9.17, 15) is 4.79 Å². The Morgan fingerprint density at radius 3 is 2.56 bits per heavy atom. The zero-order valence-electron chi connectivity index (χ0n) is 10.1. The fourth-order valence-electron chi connectivity index (χ4n) is 1.53. The van der Waals surface area contributed by atoms with E-state index in [0.29, 0.717) is 23.1 Å². The third-order valence-corrected chi connectivity index (χ3v) is 2.40. The van der Waals surface area contributed by atoms with Gasteiger partial charge in [-0.25, -0.2) is 4.98 Å². The van der Waals surface area contributed by atoms with Gasteiger partial charge in [0, 0.05) is 12.5 Å². The molecule has 1 aromatic carbocycles. The summed E-state index contributed by atoms with van der Waals surface area (Å²) in [6.07, 6.45) is 0. The van der Waals surface area contributed by atoms with Crippen LogP contribution in [-0.4, -0.2) is 16.1 Å². The third-order valence-electron chi connectivity index (χ3n) is 2.40. The quantitative estimate of drug-likeness (QED) is 0.664. The van der Waals surface area contributed by atoms with Crippen LogP contribution >= 0.6 is 0 Å². The minimum absolute atomic E-state index is 0.176. The van der Waals surface area contributed by atoms with Crippen LogP contribution in [0.1, 0.15) is 18.4 Å². The van der Waals surface area contributed by atoms with Crippen LogP contribution in [0.25, 0.3) is 11.5 Å². The summed E-state index contributed by atoms with van der Waals surface area (Å²) in [6, 6.07) is 6.80. The van der Waals surface area contributed by atoms with Crippen LogP contribution in [0.3, 0.4) is 0 Å². The minimum Gasteiger partial charge on any atom is -0.438 e. The first kappa shape index (κ1) is 12.3. The molecule has 0 spiro atoms. The summed E-state index contributed by atoms with van der Waals surface area (Å²) in [7, 11) is 0. The largest absolute Gasteiger partial charge is 0.438 e. The predicted octanol–water partition coefficient (Wildman–Crippen LogP) is 2.07. The fraction of sp³-hybridized carbons (Fsp3) is 0.231. The maximum atomic E-state index is 10.8. The van der Waals surface area contributed by atoms with Crippen molar-refractivity contribution < 1.29 is 19.1 Å². The lowest BCUT2D eigenvalue weighted by Crippen LogP contribution is -2.00. The van der Waals surface area contributed by atoms with Crippen molar-refractivity contribution in [2.45, 2.75) is 20.5 Å². The fourth-order valence-corrected chi connectivity index (χ4v) is 1.53. The monoisotopic (exact) mass is 247 g/mol. The van der Waals surface area contributed by atoms with Gasteiger partial charge < -0.3 is 14.3 Å². The summed E-state index contributed by atoms with van der Waals surface area (Å²) in [5.41, 5.74) is 1.42. The Balaban J connectivity index is 2.25. The molecule has 0 aliphatic rings. The van der Waals surface area contributed by atoms with Gasteiger partial charge in [-0.1, -0.05) is 0 Å². The van der Waals surface area contributed by atoms with Crippen LogP contribution in [0.4, 0.5) is 0 Å². The lowest BCUT2D eigenvalue weighted by Gasteiger charge is -2.01. The van der Waals surface area contributed by atoms with Gasteiger partial charge in [-0.2, -0.15) is 0 Å². The summed E-state index contributed by atoms with van der Waals surface area (Å²) in [5, 5.41) is 9.03. The summed E-state index contributed by atoms with van der Waals surface area (Å²) < 4.78 is 10.3. The summed E-state index contributed by atoms with van der Waals surface area (Å²) in [4.78, 5) is 15.0. The highest BCUT2D eigenvalue weighted by Crippen LogP contribution is 2.24. The SMILES string of the molecule is CC(=O)Oc1ccc(-c2nc(C)c(CO)o2)cc1. The molecule has 0 bridgehead atoms. The second-order valence-corrected chi connectivity index (χ2v) is 3.80. The highest BCUT2D eigenvalue weighted by atomic mass is 16.5. The summed E-state index contributed by atoms with van der Waals surface area (Å²) >= 11 is 0. The number of hydrogen-bond donors (Lipinski definition) is 1. The molecular formula is C13H13NO4. The number of ether oxygens (including phenoxy) is 1. The molecule has 1 heterocycles. The number of aliphatic hydroxyl groups is 1. The van der Waals surface area contributed by atoms with E-state index < -0.39 is 0 Å². The van der Waals surface area contributed by atoms with Gasteiger partial charge in [0.05, 0.1) is 5.69 Å². The number of benzene rings is 1. The van der Waals surface area contributed by atoms with Crippen LogP contribution in [0.5, 0.6) is 5.75 Å². The van der Waals surface area contributed by atoms with Crippen molar-refractivity contribution >= 4 is 5.97 Å². The number of rotatable bonds is 3. The van der Waals surface area contributed by atoms with Crippen molar-refractivity contribution in [1.29, 1.82) is 0 Å². The van der Waals surface area contributed by atoms with E-state index in [1.807, 2.05) is 0 Å². The van der Waals surface area contributed by atoms with Gasteiger partial charge >= 0.3 is 5.97 Å². The van der Waals surface area contributed by atoms with Crippen LogP contribution in [0, 0.1) is 6.92 Å². The van der Waals surface area contributed by atoms with E-state index in [0.717, 1.165) is 5.56 Å². The normalized spacial score (nSPS) is 10.4. The van der Waals surface area contributed by atoms with Crippen molar-refractivity contribution in [3.63, 3.8) is 0 Å². The van der Waals surface area contributed by atoms with Gasteiger partial charge in [-0.3, -0.25) is 4.79 Å². The minimum atomic E-state index is -0.364. The smallest absolute Gasteiger partial charge is 0.308 e. The number of esters is 1. The molecule has 0 unspecified atom stereocenters. The molecule has 0 aliphatic carbocycles. The first-order valence-electron chi connectivity index (χ1n) is 5.46. The van der Waals surface area contributed by atoms with Gasteiger partial charge in [0.15, 0.2) is 5.76 Å². The van der Waals surface area contributed by atoms with E-state index in [2.05, 4.69) is 4.98 Å². The molecule has 94 valence electrons. The number of oxazole rings is 1. The zero-order chi connectivity index (χ0) is 13.1. The average Bonchev–Trinajstić information content (AvgIpc) is 2.71. The lowest BCUT2D eigenvalue weighted by atomic mass is 10.2. The molecular weight excluding hydrogens is 234 g/mol. The molecule has 5 nitrogen and oxygen atoms in total. The van der Waals surface area contributed by atoms with Gasteiger partial charge in [0.1, 0.15) is 12.4 Å². The molecule has 0 amide bonds. The van der Waals surface area contributed by atoms with E-state index in [-0.39, 0.29) is 12.6 Å². The molecule has 1 N–H and O–H groups in total. The maximum absolute atomic E-state index is 10.8.